The second-order valence-electron chi connectivity index (χ2n) is 5.64. The molecular weight excluding hydrogens is 296 g/mol. The average molecular weight is 320 g/mol. The normalized spacial score (nSPS) is 27.6. The van der Waals surface area contributed by atoms with Crippen LogP contribution in [0.3, 0.4) is 0 Å². The Kier molecular flexibility index (Phi) is 5.94. The molecule has 0 aromatic rings. The van der Waals surface area contributed by atoms with Gasteiger partial charge in [-0.2, -0.15) is 8.42 Å². The molecule has 0 aliphatic carbocycles. The molecule has 0 aromatic carbocycles. The number of carbonyl (C=O) groups excluding carboxylic acids is 1. The van der Waals surface area contributed by atoms with Crippen LogP contribution >= 0.6 is 0 Å². The maximum atomic E-state index is 12.3. The molecule has 0 bridgehead atoms. The number of amides is 1. The molecule has 2 saturated heterocycles. The van der Waals surface area contributed by atoms with Crippen molar-refractivity contribution in [1.29, 1.82) is 0 Å². The van der Waals surface area contributed by atoms with Crippen molar-refractivity contribution < 1.29 is 17.9 Å². The van der Waals surface area contributed by atoms with E-state index in [1.54, 1.807) is 4.90 Å². The number of likely N-dealkylation sites (tertiary alicyclic amines) is 1. The molecule has 2 fully saturated rings. The summed E-state index contributed by atoms with van der Waals surface area (Å²) in [7, 11) is -3.67. The molecule has 0 spiro atoms. The number of ether oxygens (including phenoxy) is 1. The van der Waals surface area contributed by atoms with Crippen molar-refractivity contribution in [3.8, 4) is 0 Å². The van der Waals surface area contributed by atoms with Gasteiger partial charge in [0.05, 0.1) is 19.1 Å². The number of nitrogens with zero attached hydrogens (tertiary/aromatic N) is 1. The molecule has 0 saturated carbocycles. The third-order valence-corrected chi connectivity index (χ3v) is 4.42. The van der Waals surface area contributed by atoms with Crippen molar-refractivity contribution in [3.63, 3.8) is 0 Å². The van der Waals surface area contributed by atoms with Gasteiger partial charge in [-0.3, -0.25) is 4.79 Å². The summed E-state index contributed by atoms with van der Waals surface area (Å²) in [5.41, 5.74) is 0. The third-order valence-electron chi connectivity index (χ3n) is 3.85. The van der Waals surface area contributed by atoms with Crippen LogP contribution in [0.4, 0.5) is 0 Å². The van der Waals surface area contributed by atoms with Crippen LogP contribution in [0.15, 0.2) is 0 Å². The summed E-state index contributed by atoms with van der Waals surface area (Å²) in [4.78, 5) is 14.1. The lowest BCUT2D eigenvalue weighted by atomic mass is 9.98. The van der Waals surface area contributed by atoms with E-state index in [0.717, 1.165) is 25.9 Å². The van der Waals surface area contributed by atoms with E-state index in [4.69, 9.17) is 9.88 Å². The van der Waals surface area contributed by atoms with Gasteiger partial charge in [-0.1, -0.05) is 0 Å². The number of nitrogens with two attached hydrogens (primary N) is 1. The molecule has 1 amide bonds. The van der Waals surface area contributed by atoms with E-state index in [1.165, 1.54) is 0 Å². The van der Waals surface area contributed by atoms with Crippen molar-refractivity contribution in [1.82, 2.24) is 14.9 Å². The monoisotopic (exact) mass is 320 g/mol. The van der Waals surface area contributed by atoms with E-state index >= 15 is 0 Å². The maximum Gasteiger partial charge on any atom is 0.274 e. The van der Waals surface area contributed by atoms with Crippen LogP contribution in [-0.2, 0) is 19.7 Å². The molecule has 0 aromatic heterocycles. The zero-order valence-electron chi connectivity index (χ0n) is 12.1. The van der Waals surface area contributed by atoms with E-state index < -0.39 is 10.2 Å². The van der Waals surface area contributed by atoms with Crippen LogP contribution in [0.2, 0.25) is 0 Å². The highest BCUT2D eigenvalue weighted by Crippen LogP contribution is 2.17. The molecule has 2 rings (SSSR count). The fraction of sp³-hybridized carbons (Fsp3) is 0.917. The molecule has 2 aliphatic rings. The third kappa shape index (κ3) is 5.87. The SMILES string of the molecule is NS(=O)(=O)NCC1CCCN(C(=O)CC2CNCCO2)C1. The highest BCUT2D eigenvalue weighted by molar-refractivity contribution is 7.87. The molecule has 8 nitrogen and oxygen atoms in total. The molecule has 4 N–H and O–H groups in total. The number of hydrogen-bond acceptors (Lipinski definition) is 5. The molecule has 2 heterocycles. The quantitative estimate of drug-likeness (QED) is 0.564. The Morgan fingerprint density at radius 3 is 2.95 bits per heavy atom. The molecule has 122 valence electrons. The van der Waals surface area contributed by atoms with E-state index in [1.807, 2.05) is 0 Å². The van der Waals surface area contributed by atoms with E-state index in [0.29, 0.717) is 26.1 Å². The predicted octanol–water partition coefficient (Wildman–Crippen LogP) is -1.60. The van der Waals surface area contributed by atoms with E-state index in [9.17, 15) is 13.2 Å². The average Bonchev–Trinajstić information content (AvgIpc) is 2.46. The summed E-state index contributed by atoms with van der Waals surface area (Å²) in [5, 5.41) is 8.13. The first-order valence-electron chi connectivity index (χ1n) is 7.31. The smallest absolute Gasteiger partial charge is 0.274 e. The molecule has 2 aliphatic heterocycles. The zero-order valence-corrected chi connectivity index (χ0v) is 12.9. The van der Waals surface area contributed by atoms with Crippen molar-refractivity contribution in [2.75, 3.05) is 39.3 Å². The van der Waals surface area contributed by atoms with Crippen molar-refractivity contribution in [2.24, 2.45) is 11.1 Å². The number of rotatable bonds is 5. The molecule has 9 heteroatoms. The van der Waals surface area contributed by atoms with Gasteiger partial charge in [0.15, 0.2) is 0 Å². The fourth-order valence-electron chi connectivity index (χ4n) is 2.77. The number of piperidine rings is 1. The molecule has 21 heavy (non-hydrogen) atoms. The zero-order chi connectivity index (χ0) is 15.3. The van der Waals surface area contributed by atoms with Crippen LogP contribution in [0.1, 0.15) is 19.3 Å². The first-order valence-corrected chi connectivity index (χ1v) is 8.86. The summed E-state index contributed by atoms with van der Waals surface area (Å²) < 4.78 is 29.7. The lowest BCUT2D eigenvalue weighted by Gasteiger charge is -2.34. The summed E-state index contributed by atoms with van der Waals surface area (Å²) >= 11 is 0. The largest absolute Gasteiger partial charge is 0.375 e. The lowest BCUT2D eigenvalue weighted by molar-refractivity contribution is -0.136. The number of nitrogens with one attached hydrogen (secondary N) is 2. The van der Waals surface area contributed by atoms with Crippen LogP contribution < -0.4 is 15.2 Å². The molecular formula is C12H24N4O4S. The maximum absolute atomic E-state index is 12.3. The minimum Gasteiger partial charge on any atom is -0.375 e. The molecule has 2 atom stereocenters. The van der Waals surface area contributed by atoms with Gasteiger partial charge in [0.2, 0.25) is 5.91 Å². The van der Waals surface area contributed by atoms with Gasteiger partial charge >= 0.3 is 0 Å². The van der Waals surface area contributed by atoms with Crippen molar-refractivity contribution in [3.05, 3.63) is 0 Å². The second-order valence-corrected chi connectivity index (χ2v) is 7.02. The van der Waals surface area contributed by atoms with Gasteiger partial charge in [-0.15, -0.1) is 0 Å². The number of carbonyl (C=O) groups is 1. The molecule has 2 unspecified atom stereocenters. The second kappa shape index (κ2) is 7.50. The summed E-state index contributed by atoms with van der Waals surface area (Å²) in [6, 6.07) is 0. The Bertz CT molecular complexity index is 450. The summed E-state index contributed by atoms with van der Waals surface area (Å²) in [6.07, 6.45) is 2.09. The van der Waals surface area contributed by atoms with Gasteiger partial charge in [0.25, 0.3) is 10.2 Å². The topological polar surface area (TPSA) is 114 Å². The van der Waals surface area contributed by atoms with E-state index in [2.05, 4.69) is 10.0 Å². The number of hydrogen-bond donors (Lipinski definition) is 3. The van der Waals surface area contributed by atoms with Crippen molar-refractivity contribution in [2.45, 2.75) is 25.4 Å². The van der Waals surface area contributed by atoms with Crippen LogP contribution in [0.25, 0.3) is 0 Å². The van der Waals surface area contributed by atoms with Crippen molar-refractivity contribution >= 4 is 16.1 Å². The highest BCUT2D eigenvalue weighted by Gasteiger charge is 2.26. The highest BCUT2D eigenvalue weighted by atomic mass is 32.2. The minimum absolute atomic E-state index is 0.0610. The van der Waals surface area contributed by atoms with Gasteiger partial charge in [0, 0.05) is 32.7 Å². The fourth-order valence-corrected chi connectivity index (χ4v) is 3.23. The van der Waals surface area contributed by atoms with Gasteiger partial charge in [-0.25, -0.2) is 9.86 Å². The van der Waals surface area contributed by atoms with Crippen LogP contribution in [0.5, 0.6) is 0 Å². The predicted molar refractivity (Wildman–Crippen MR) is 77.6 cm³/mol. The first kappa shape index (κ1) is 16.6. The minimum atomic E-state index is -3.67. The Morgan fingerprint density at radius 1 is 1.48 bits per heavy atom. The standard InChI is InChI=1S/C12H24N4O4S/c13-21(18,19)15-7-10-2-1-4-16(9-10)12(17)6-11-8-14-3-5-20-11/h10-11,14-15H,1-9H2,(H2,13,18,19). The Morgan fingerprint density at radius 2 is 2.29 bits per heavy atom. The first-order chi connectivity index (χ1) is 9.94. The Hall–Kier alpha value is -0.740. The molecule has 0 radical (unpaired) electrons. The summed E-state index contributed by atoms with van der Waals surface area (Å²) in [5.74, 6) is 0.190. The Balaban J connectivity index is 1.78. The lowest BCUT2D eigenvalue weighted by Crippen LogP contribution is -2.47. The Labute approximate surface area is 125 Å². The van der Waals surface area contributed by atoms with Gasteiger partial charge < -0.3 is 15.0 Å². The van der Waals surface area contributed by atoms with Gasteiger partial charge in [-0.05, 0) is 18.8 Å². The van der Waals surface area contributed by atoms with Crippen LogP contribution in [0, 0.1) is 5.92 Å². The summed E-state index contributed by atoms with van der Waals surface area (Å²) in [6.45, 7) is 3.75. The van der Waals surface area contributed by atoms with Gasteiger partial charge in [0.1, 0.15) is 0 Å². The van der Waals surface area contributed by atoms with E-state index in [-0.39, 0.29) is 24.5 Å². The number of morpholine rings is 1. The van der Waals surface area contributed by atoms with Crippen LogP contribution in [-0.4, -0.2) is 64.7 Å².